The molecule has 0 radical (unpaired) electrons. The molecule has 0 unspecified atom stereocenters. The fourth-order valence-electron chi connectivity index (χ4n) is 11.9. The summed E-state index contributed by atoms with van der Waals surface area (Å²) in [5.74, 6) is -1.25. The van der Waals surface area contributed by atoms with Crippen molar-refractivity contribution in [3.8, 4) is 5.75 Å². The van der Waals surface area contributed by atoms with Gasteiger partial charge in [0.2, 0.25) is 0 Å². The van der Waals surface area contributed by atoms with Crippen molar-refractivity contribution in [1.29, 1.82) is 0 Å². The van der Waals surface area contributed by atoms with E-state index in [1.807, 2.05) is 140 Å². The van der Waals surface area contributed by atoms with Gasteiger partial charge in [0, 0.05) is 71.2 Å². The lowest BCUT2D eigenvalue weighted by Gasteiger charge is -2.28. The summed E-state index contributed by atoms with van der Waals surface area (Å²) in [6.07, 6.45) is 2.70. The molecule has 6 atom stereocenters. The fourth-order valence-corrected chi connectivity index (χ4v) is 11.9. The number of carbonyl (C=O) groups is 6. The van der Waals surface area contributed by atoms with Gasteiger partial charge in [0.15, 0.2) is 0 Å². The molecule has 3 aromatic rings. The third kappa shape index (κ3) is 23.7. The molecule has 0 saturated carbocycles. The van der Waals surface area contributed by atoms with E-state index in [9.17, 15) is 28.8 Å². The number of ether oxygens (including phenoxy) is 6. The molecule has 0 aromatic heterocycles. The Kier molecular flexibility index (Phi) is 23.3. The van der Waals surface area contributed by atoms with Gasteiger partial charge in [0.1, 0.15) is 46.1 Å². The summed E-state index contributed by atoms with van der Waals surface area (Å²) in [5.41, 5.74) is 1.52. The number of benzene rings is 3. The highest BCUT2D eigenvalue weighted by molar-refractivity contribution is 5.82. The van der Waals surface area contributed by atoms with E-state index in [1.165, 1.54) is 0 Å². The highest BCUT2D eigenvalue weighted by Crippen LogP contribution is 2.36. The molecule has 3 fully saturated rings. The third-order valence-electron chi connectivity index (χ3n) is 15.6. The zero-order chi connectivity index (χ0) is 64.5. The summed E-state index contributed by atoms with van der Waals surface area (Å²) in [5, 5.41) is 0. The van der Waals surface area contributed by atoms with Gasteiger partial charge in [0.25, 0.3) is 0 Å². The minimum absolute atomic E-state index is 0.0108. The second kappa shape index (κ2) is 29.0. The van der Waals surface area contributed by atoms with Crippen LogP contribution in [0.25, 0.3) is 0 Å². The molecule has 16 heteroatoms. The molecule has 3 saturated heterocycles. The van der Waals surface area contributed by atoms with Crippen LogP contribution in [0, 0.1) is 40.9 Å². The summed E-state index contributed by atoms with van der Waals surface area (Å²) in [7, 11) is 0. The number of nitrogens with zero attached hydrogens (tertiary/aromatic N) is 4. The number of Topliss-reactive ketones (excluding diaryl/α,β-unsaturated/α-hetero) is 1. The van der Waals surface area contributed by atoms with Gasteiger partial charge in [-0.05, 0) is 205 Å². The van der Waals surface area contributed by atoms with Crippen LogP contribution >= 0.6 is 0 Å². The van der Waals surface area contributed by atoms with E-state index < -0.39 is 39.8 Å². The van der Waals surface area contributed by atoms with E-state index in [-0.39, 0.29) is 65.1 Å². The average Bonchev–Trinajstić information content (AvgIpc) is 2.92. The Morgan fingerprint density at radius 3 is 1.15 bits per heavy atom. The first kappa shape index (κ1) is 69.9. The summed E-state index contributed by atoms with van der Waals surface area (Å²) in [6, 6.07) is 24.7. The van der Waals surface area contributed by atoms with Crippen molar-refractivity contribution in [1.82, 2.24) is 19.6 Å². The highest BCUT2D eigenvalue weighted by Gasteiger charge is 2.42. The van der Waals surface area contributed by atoms with Gasteiger partial charge < -0.3 is 43.1 Å². The number of rotatable bonds is 21. The number of hydrogen-bond acceptors (Lipinski definition) is 13. The second-order valence-electron chi connectivity index (χ2n) is 31.0. The minimum atomic E-state index is -0.700. The molecule has 0 aliphatic carbocycles. The zero-order valence-electron chi connectivity index (χ0n) is 56.1. The molecule has 0 N–H and O–H groups in total. The molecule has 0 spiro atoms. The van der Waals surface area contributed by atoms with Crippen molar-refractivity contribution < 1.29 is 57.2 Å². The summed E-state index contributed by atoms with van der Waals surface area (Å²) in [4.78, 5) is 89.5. The largest absolute Gasteiger partial charge is 0.492 e. The van der Waals surface area contributed by atoms with Crippen molar-refractivity contribution in [2.24, 2.45) is 40.9 Å². The molecular formula is C71H106N4O12. The van der Waals surface area contributed by atoms with Gasteiger partial charge in [-0.25, -0.2) is 14.4 Å². The number of amides is 3. The molecule has 3 aliphatic heterocycles. The van der Waals surface area contributed by atoms with Crippen LogP contribution in [-0.2, 0) is 70.4 Å². The SMILES string of the molecule is CC(C)(C)CC(=O)[C@@H](Cc1cccc(OCCN(Cc2cccc(C[C@H](C(=O)OC(C)(C)C)[C@H]3CCN(C(=O)OC(C)(C)C)C3)c2)Cc2cccc(C[C@H](C(=O)OC(C)(C)C)[C@H]3CCN(C(=O)OC(C)(C)C)C3)c2)c1)[C@H]1CCN(C(=O)OC(C)(C)C)C1. The lowest BCUT2D eigenvalue weighted by Crippen LogP contribution is -2.38. The summed E-state index contributed by atoms with van der Waals surface area (Å²) < 4.78 is 35.9. The Balaban J connectivity index is 1.25. The smallest absolute Gasteiger partial charge is 0.410 e. The Labute approximate surface area is 521 Å². The first-order chi connectivity index (χ1) is 40.2. The maximum absolute atomic E-state index is 14.2. The van der Waals surface area contributed by atoms with Crippen LogP contribution in [0.4, 0.5) is 14.4 Å². The molecule has 87 heavy (non-hydrogen) atoms. The van der Waals surface area contributed by atoms with E-state index in [1.54, 1.807) is 14.7 Å². The average molecular weight is 1210 g/mol. The number of carbonyl (C=O) groups excluding carboxylic acids is 6. The van der Waals surface area contributed by atoms with E-state index in [2.05, 4.69) is 62.1 Å². The van der Waals surface area contributed by atoms with Crippen LogP contribution in [0.2, 0.25) is 0 Å². The first-order valence-electron chi connectivity index (χ1n) is 31.8. The topological polar surface area (TPSA) is 171 Å². The number of likely N-dealkylation sites (tertiary alicyclic amines) is 3. The monoisotopic (exact) mass is 1210 g/mol. The van der Waals surface area contributed by atoms with Crippen molar-refractivity contribution in [2.75, 3.05) is 52.4 Å². The second-order valence-corrected chi connectivity index (χ2v) is 31.0. The Hall–Kier alpha value is -6.16. The molecule has 0 bridgehead atoms. The molecule has 16 nitrogen and oxygen atoms in total. The predicted molar refractivity (Wildman–Crippen MR) is 339 cm³/mol. The van der Waals surface area contributed by atoms with Gasteiger partial charge in [-0.15, -0.1) is 0 Å². The number of esters is 2. The predicted octanol–water partition coefficient (Wildman–Crippen LogP) is 13.7. The number of hydrogen-bond donors (Lipinski definition) is 0. The molecule has 3 aliphatic rings. The molecular weight excluding hydrogens is 1100 g/mol. The van der Waals surface area contributed by atoms with Crippen molar-refractivity contribution in [2.45, 2.75) is 211 Å². The lowest BCUT2D eigenvalue weighted by molar-refractivity contribution is -0.163. The Morgan fingerprint density at radius 1 is 0.448 bits per heavy atom. The van der Waals surface area contributed by atoms with Gasteiger partial charge in [-0.1, -0.05) is 81.4 Å². The normalized spacial score (nSPS) is 18.9. The molecule has 3 heterocycles. The van der Waals surface area contributed by atoms with E-state index in [0.717, 1.165) is 34.2 Å². The van der Waals surface area contributed by atoms with Gasteiger partial charge >= 0.3 is 30.2 Å². The van der Waals surface area contributed by atoms with Crippen molar-refractivity contribution in [3.63, 3.8) is 0 Å². The van der Waals surface area contributed by atoms with Crippen LogP contribution in [0.1, 0.15) is 178 Å². The summed E-state index contributed by atoms with van der Waals surface area (Å²) in [6.45, 7) is 38.9. The molecule has 482 valence electrons. The van der Waals surface area contributed by atoms with E-state index in [4.69, 9.17) is 28.4 Å². The van der Waals surface area contributed by atoms with Gasteiger partial charge in [-0.3, -0.25) is 19.3 Å². The maximum Gasteiger partial charge on any atom is 0.410 e. The van der Waals surface area contributed by atoms with Gasteiger partial charge in [-0.2, -0.15) is 0 Å². The lowest BCUT2D eigenvalue weighted by atomic mass is 9.77. The zero-order valence-corrected chi connectivity index (χ0v) is 56.1. The Bertz CT molecular complexity index is 2700. The van der Waals surface area contributed by atoms with Crippen LogP contribution in [0.3, 0.4) is 0 Å². The quantitative estimate of drug-likeness (QED) is 0.0730. The van der Waals surface area contributed by atoms with E-state index in [0.29, 0.717) is 110 Å². The third-order valence-corrected chi connectivity index (χ3v) is 15.6. The van der Waals surface area contributed by atoms with Crippen molar-refractivity contribution >= 4 is 36.0 Å². The van der Waals surface area contributed by atoms with Crippen LogP contribution in [-0.4, -0.2) is 136 Å². The molecule has 3 aromatic carbocycles. The Morgan fingerprint density at radius 2 is 0.782 bits per heavy atom. The highest BCUT2D eigenvalue weighted by atomic mass is 16.6. The molecule has 3 amide bonds. The molecule has 6 rings (SSSR count). The standard InChI is InChI=1S/C71H106N4O12/c1-66(2,3)42-60(76)57(53-28-31-73(45-53)63(79)85-69(10,11)12)39-50-24-21-27-56(38-50)82-35-34-72(43-51-25-19-22-48(36-51)40-58(61(77)83-67(4,5)6)54-29-32-74(46-54)64(80)86-70(13,14)15)44-52-26-20-23-49(37-52)41-59(62(78)84-68(7,8)9)55-30-33-75(47-55)65(81)87-71(16,17)18/h19-27,36-38,53-55,57-59H,28-35,39-47H2,1-18H3/t53-,54-,55-,57-,58-,59-/m0/s1. The fraction of sp³-hybridized carbons (Fsp3) is 0.662. The minimum Gasteiger partial charge on any atom is -0.492 e. The van der Waals surface area contributed by atoms with Crippen LogP contribution in [0.15, 0.2) is 72.8 Å². The van der Waals surface area contributed by atoms with E-state index >= 15 is 0 Å². The van der Waals surface area contributed by atoms with Gasteiger partial charge in [0.05, 0.1) is 11.8 Å². The summed E-state index contributed by atoms with van der Waals surface area (Å²) >= 11 is 0. The maximum atomic E-state index is 14.2. The van der Waals surface area contributed by atoms with Crippen LogP contribution < -0.4 is 4.74 Å². The number of ketones is 1. The van der Waals surface area contributed by atoms with Crippen LogP contribution in [0.5, 0.6) is 5.75 Å². The van der Waals surface area contributed by atoms with Crippen molar-refractivity contribution in [3.05, 3.63) is 101 Å². The first-order valence-corrected chi connectivity index (χ1v) is 31.8.